The zero-order valence-electron chi connectivity index (χ0n) is 14.9. The maximum absolute atomic E-state index is 12.8. The lowest BCUT2D eigenvalue weighted by Crippen LogP contribution is -2.36. The van der Waals surface area contributed by atoms with E-state index >= 15 is 0 Å². The van der Waals surface area contributed by atoms with Crippen molar-refractivity contribution in [1.82, 2.24) is 4.90 Å². The fourth-order valence-corrected chi connectivity index (χ4v) is 4.32. The largest absolute Gasteiger partial charge is 0.493 e. The molecule has 0 bridgehead atoms. The molecule has 0 aromatic heterocycles. The molecule has 2 aliphatic rings. The minimum atomic E-state index is -0.505. The van der Waals surface area contributed by atoms with Gasteiger partial charge in [0.25, 0.3) is 0 Å². The molecular formula is C19H20BrN3O3. The van der Waals surface area contributed by atoms with Crippen LogP contribution < -0.4 is 15.2 Å². The average molecular weight is 418 g/mol. The van der Waals surface area contributed by atoms with Crippen molar-refractivity contribution in [2.75, 3.05) is 21.3 Å². The molecule has 1 aliphatic heterocycles. The van der Waals surface area contributed by atoms with Crippen molar-refractivity contribution in [3.8, 4) is 17.6 Å². The highest BCUT2D eigenvalue weighted by Gasteiger charge is 2.39. The average Bonchev–Trinajstić information content (AvgIpc) is 2.64. The van der Waals surface area contributed by atoms with Crippen molar-refractivity contribution in [2.45, 2.75) is 25.2 Å². The minimum absolute atomic E-state index is 0.0641. The lowest BCUT2D eigenvalue weighted by Gasteiger charge is -2.37. The Morgan fingerprint density at radius 2 is 2.04 bits per heavy atom. The van der Waals surface area contributed by atoms with Gasteiger partial charge in [-0.15, -0.1) is 0 Å². The van der Waals surface area contributed by atoms with E-state index in [1.807, 2.05) is 6.07 Å². The number of allylic oxidation sites excluding steroid dienone is 3. The van der Waals surface area contributed by atoms with E-state index in [1.165, 1.54) is 0 Å². The van der Waals surface area contributed by atoms with Gasteiger partial charge in [0.1, 0.15) is 5.82 Å². The van der Waals surface area contributed by atoms with E-state index in [0.717, 1.165) is 24.1 Å². The maximum Gasteiger partial charge on any atom is 0.174 e. The van der Waals surface area contributed by atoms with Gasteiger partial charge in [-0.05, 0) is 46.5 Å². The number of hydrogen-bond donors (Lipinski definition) is 1. The molecule has 136 valence electrons. The fourth-order valence-electron chi connectivity index (χ4n) is 3.70. The Hall–Kier alpha value is -2.46. The van der Waals surface area contributed by atoms with Crippen LogP contribution in [0.15, 0.2) is 39.3 Å². The van der Waals surface area contributed by atoms with Gasteiger partial charge in [0.15, 0.2) is 17.3 Å². The first-order chi connectivity index (χ1) is 12.4. The van der Waals surface area contributed by atoms with Crippen molar-refractivity contribution in [3.63, 3.8) is 0 Å². The van der Waals surface area contributed by atoms with Gasteiger partial charge in [-0.25, -0.2) is 0 Å². The Bertz CT molecular complexity index is 883. The van der Waals surface area contributed by atoms with E-state index in [4.69, 9.17) is 15.2 Å². The summed E-state index contributed by atoms with van der Waals surface area (Å²) in [6, 6.07) is 5.87. The standard InChI is InChI=1S/C19H20BrN3O3/c1-23-13-5-4-6-14(24)17(13)16(11(9-21)19(23)22)10-7-12(20)18(26-3)15(8-10)25-2/h7-8,16H,4-6,22H2,1-3H3/t16-/m1/s1. The highest BCUT2D eigenvalue weighted by atomic mass is 79.9. The summed E-state index contributed by atoms with van der Waals surface area (Å²) in [5, 5.41) is 9.77. The predicted octanol–water partition coefficient (Wildman–Crippen LogP) is 3.20. The molecule has 0 radical (unpaired) electrons. The Labute approximate surface area is 161 Å². The number of carbonyl (C=O) groups excluding carboxylic acids is 1. The van der Waals surface area contributed by atoms with E-state index in [2.05, 4.69) is 22.0 Å². The summed E-state index contributed by atoms with van der Waals surface area (Å²) >= 11 is 3.49. The second-order valence-corrected chi connectivity index (χ2v) is 7.13. The lowest BCUT2D eigenvalue weighted by atomic mass is 9.76. The van der Waals surface area contributed by atoms with Crippen LogP contribution in [0.25, 0.3) is 0 Å². The number of ketones is 1. The molecule has 1 aliphatic carbocycles. The molecule has 1 aromatic rings. The van der Waals surface area contributed by atoms with Crippen LogP contribution in [0.1, 0.15) is 30.7 Å². The molecule has 0 saturated heterocycles. The van der Waals surface area contributed by atoms with Gasteiger partial charge in [-0.1, -0.05) is 0 Å². The summed E-state index contributed by atoms with van der Waals surface area (Å²) in [7, 11) is 4.91. The van der Waals surface area contributed by atoms with Gasteiger partial charge < -0.3 is 20.1 Å². The van der Waals surface area contributed by atoms with Gasteiger partial charge in [-0.2, -0.15) is 5.26 Å². The smallest absolute Gasteiger partial charge is 0.174 e. The third kappa shape index (κ3) is 2.74. The highest BCUT2D eigenvalue weighted by molar-refractivity contribution is 9.10. The molecule has 0 saturated carbocycles. The molecule has 1 aromatic carbocycles. The fraction of sp³-hybridized carbons (Fsp3) is 0.368. The summed E-state index contributed by atoms with van der Waals surface area (Å²) in [5.74, 6) is 1.03. The zero-order chi connectivity index (χ0) is 19.0. The third-order valence-corrected chi connectivity index (χ3v) is 5.55. The normalized spacial score (nSPS) is 20.0. The molecular weight excluding hydrogens is 398 g/mol. The first kappa shape index (κ1) is 18.3. The van der Waals surface area contributed by atoms with Crippen LogP contribution in [0.4, 0.5) is 0 Å². The second-order valence-electron chi connectivity index (χ2n) is 6.28. The molecule has 3 rings (SSSR count). The summed E-state index contributed by atoms with van der Waals surface area (Å²) in [4.78, 5) is 14.5. The highest BCUT2D eigenvalue weighted by Crippen LogP contribution is 2.47. The van der Waals surface area contributed by atoms with Crippen LogP contribution in [0, 0.1) is 11.3 Å². The molecule has 0 fully saturated rings. The number of benzene rings is 1. The summed E-state index contributed by atoms with van der Waals surface area (Å²) in [6.07, 6.45) is 2.04. The molecule has 0 unspecified atom stereocenters. The Morgan fingerprint density at radius 1 is 1.31 bits per heavy atom. The molecule has 26 heavy (non-hydrogen) atoms. The number of nitriles is 1. The van der Waals surface area contributed by atoms with Gasteiger partial charge in [0.05, 0.1) is 36.3 Å². The number of halogens is 1. The number of nitrogens with zero attached hydrogens (tertiary/aromatic N) is 2. The van der Waals surface area contributed by atoms with Gasteiger partial charge in [0.2, 0.25) is 0 Å². The van der Waals surface area contributed by atoms with E-state index in [1.54, 1.807) is 32.2 Å². The number of methoxy groups -OCH3 is 2. The quantitative estimate of drug-likeness (QED) is 0.811. The molecule has 0 spiro atoms. The summed E-state index contributed by atoms with van der Waals surface area (Å²) in [5.41, 5.74) is 8.94. The third-order valence-electron chi connectivity index (χ3n) is 4.96. The number of Topliss-reactive ketones (excluding diaryl/α,β-unsaturated/α-hetero) is 1. The van der Waals surface area contributed by atoms with Crippen LogP contribution >= 0.6 is 15.9 Å². The SMILES string of the molecule is COc1cc([C@@H]2C(C#N)=C(N)N(C)C3=C2C(=O)CCC3)cc(Br)c1OC. The molecule has 1 heterocycles. The predicted molar refractivity (Wildman–Crippen MR) is 100 cm³/mol. The van der Waals surface area contributed by atoms with Crippen LogP contribution in [0.3, 0.4) is 0 Å². The van der Waals surface area contributed by atoms with Crippen molar-refractivity contribution in [1.29, 1.82) is 5.26 Å². The van der Waals surface area contributed by atoms with E-state index < -0.39 is 5.92 Å². The van der Waals surface area contributed by atoms with Crippen molar-refractivity contribution in [2.24, 2.45) is 5.73 Å². The summed E-state index contributed by atoms with van der Waals surface area (Å²) in [6.45, 7) is 0. The Balaban J connectivity index is 2.27. The zero-order valence-corrected chi connectivity index (χ0v) is 16.5. The number of carbonyl (C=O) groups is 1. The minimum Gasteiger partial charge on any atom is -0.493 e. The van der Waals surface area contributed by atoms with Crippen LogP contribution in [-0.2, 0) is 4.79 Å². The molecule has 6 nitrogen and oxygen atoms in total. The monoisotopic (exact) mass is 417 g/mol. The van der Waals surface area contributed by atoms with Gasteiger partial charge in [-0.3, -0.25) is 4.79 Å². The second kappa shape index (κ2) is 7.04. The van der Waals surface area contributed by atoms with Crippen molar-refractivity contribution in [3.05, 3.63) is 44.8 Å². The van der Waals surface area contributed by atoms with Crippen molar-refractivity contribution >= 4 is 21.7 Å². The Kier molecular flexibility index (Phi) is 4.97. The molecule has 2 N–H and O–H groups in total. The Morgan fingerprint density at radius 3 is 2.65 bits per heavy atom. The van der Waals surface area contributed by atoms with Crippen molar-refractivity contribution < 1.29 is 14.3 Å². The maximum atomic E-state index is 12.8. The number of rotatable bonds is 3. The molecule has 7 heteroatoms. The van der Waals surface area contributed by atoms with Gasteiger partial charge in [0, 0.05) is 24.7 Å². The number of ether oxygens (including phenoxy) is 2. The van der Waals surface area contributed by atoms with Gasteiger partial charge >= 0.3 is 0 Å². The van der Waals surface area contributed by atoms with E-state index in [-0.39, 0.29) is 5.78 Å². The first-order valence-corrected chi connectivity index (χ1v) is 9.05. The lowest BCUT2D eigenvalue weighted by molar-refractivity contribution is -0.116. The molecule has 0 amide bonds. The van der Waals surface area contributed by atoms with Crippen LogP contribution in [-0.4, -0.2) is 32.0 Å². The van der Waals surface area contributed by atoms with E-state index in [0.29, 0.717) is 39.4 Å². The first-order valence-electron chi connectivity index (χ1n) is 8.25. The molecule has 1 atom stereocenters. The number of nitrogens with two attached hydrogens (primary N) is 1. The topological polar surface area (TPSA) is 88.6 Å². The number of hydrogen-bond acceptors (Lipinski definition) is 6. The summed E-state index contributed by atoms with van der Waals surface area (Å²) < 4.78 is 11.5. The van der Waals surface area contributed by atoms with Crippen LogP contribution in [0.2, 0.25) is 0 Å². The van der Waals surface area contributed by atoms with E-state index in [9.17, 15) is 10.1 Å². The van der Waals surface area contributed by atoms with Crippen LogP contribution in [0.5, 0.6) is 11.5 Å².